The SMILES string of the molecule is Cc1ccc(C)c(Oc2nc(NN)cn3ccnc23)c1C. The number of hydrogen-bond acceptors (Lipinski definition) is 5. The third-order valence-corrected chi connectivity index (χ3v) is 3.56. The monoisotopic (exact) mass is 283 g/mol. The molecule has 0 aliphatic rings. The molecule has 6 heteroatoms. The standard InChI is InChI=1S/C15H17N5O/c1-9-4-5-10(2)13(11(9)3)21-15-14-17-6-7-20(14)8-12(18-15)19-16/h4-8,19H,16H2,1-3H3. The lowest BCUT2D eigenvalue weighted by Crippen LogP contribution is -2.10. The molecule has 6 nitrogen and oxygen atoms in total. The van der Waals surface area contributed by atoms with Crippen molar-refractivity contribution in [3.8, 4) is 11.6 Å². The lowest BCUT2D eigenvalue weighted by atomic mass is 10.1. The summed E-state index contributed by atoms with van der Waals surface area (Å²) in [5, 5.41) is 0. The van der Waals surface area contributed by atoms with Gasteiger partial charge in [0.2, 0.25) is 5.65 Å². The number of aromatic nitrogens is 3. The van der Waals surface area contributed by atoms with Crippen LogP contribution in [0.1, 0.15) is 16.7 Å². The second kappa shape index (κ2) is 5.06. The highest BCUT2D eigenvalue weighted by molar-refractivity contribution is 5.56. The molecule has 0 amide bonds. The number of nitrogens with two attached hydrogens (primary N) is 1. The predicted molar refractivity (Wildman–Crippen MR) is 81.5 cm³/mol. The first-order valence-electron chi connectivity index (χ1n) is 6.65. The molecule has 108 valence electrons. The summed E-state index contributed by atoms with van der Waals surface area (Å²) in [6.45, 7) is 6.10. The van der Waals surface area contributed by atoms with Gasteiger partial charge in [0, 0.05) is 12.4 Å². The molecule has 3 aromatic rings. The molecule has 0 radical (unpaired) electrons. The van der Waals surface area contributed by atoms with Gasteiger partial charge in [0.25, 0.3) is 5.88 Å². The number of nitrogens with zero attached hydrogens (tertiary/aromatic N) is 3. The zero-order chi connectivity index (χ0) is 15.0. The molecular weight excluding hydrogens is 266 g/mol. The number of aryl methyl sites for hydroxylation is 2. The van der Waals surface area contributed by atoms with E-state index in [9.17, 15) is 0 Å². The van der Waals surface area contributed by atoms with Crippen LogP contribution in [0.15, 0.2) is 30.7 Å². The molecule has 2 aromatic heterocycles. The number of fused-ring (bicyclic) bond motifs is 1. The highest BCUT2D eigenvalue weighted by Gasteiger charge is 2.13. The van der Waals surface area contributed by atoms with Gasteiger partial charge in [-0.15, -0.1) is 0 Å². The Bertz CT molecular complexity index is 809. The minimum atomic E-state index is 0.423. The maximum Gasteiger partial charge on any atom is 0.265 e. The average molecular weight is 283 g/mol. The Morgan fingerprint density at radius 2 is 1.95 bits per heavy atom. The van der Waals surface area contributed by atoms with Crippen molar-refractivity contribution in [3.63, 3.8) is 0 Å². The van der Waals surface area contributed by atoms with Crippen LogP contribution in [-0.2, 0) is 0 Å². The van der Waals surface area contributed by atoms with Gasteiger partial charge in [-0.25, -0.2) is 10.8 Å². The number of anilines is 1. The van der Waals surface area contributed by atoms with Gasteiger partial charge in [0.15, 0.2) is 5.82 Å². The van der Waals surface area contributed by atoms with Crippen LogP contribution in [0.4, 0.5) is 5.82 Å². The first kappa shape index (κ1) is 13.4. The largest absolute Gasteiger partial charge is 0.435 e. The van der Waals surface area contributed by atoms with Gasteiger partial charge in [-0.3, -0.25) is 4.40 Å². The molecule has 0 aliphatic carbocycles. The van der Waals surface area contributed by atoms with Gasteiger partial charge in [-0.1, -0.05) is 12.1 Å². The smallest absolute Gasteiger partial charge is 0.265 e. The van der Waals surface area contributed by atoms with E-state index in [2.05, 4.69) is 28.4 Å². The summed E-state index contributed by atoms with van der Waals surface area (Å²) < 4.78 is 7.86. The summed E-state index contributed by atoms with van der Waals surface area (Å²) in [7, 11) is 0. The molecule has 3 N–H and O–H groups in total. The number of benzene rings is 1. The van der Waals surface area contributed by atoms with E-state index >= 15 is 0 Å². The van der Waals surface area contributed by atoms with Crippen LogP contribution >= 0.6 is 0 Å². The van der Waals surface area contributed by atoms with Gasteiger partial charge < -0.3 is 10.2 Å². The summed E-state index contributed by atoms with van der Waals surface area (Å²) in [6, 6.07) is 4.11. The quantitative estimate of drug-likeness (QED) is 0.571. The van der Waals surface area contributed by atoms with Crippen molar-refractivity contribution < 1.29 is 4.74 Å². The van der Waals surface area contributed by atoms with Crippen LogP contribution < -0.4 is 16.0 Å². The molecule has 0 fully saturated rings. The number of nitrogen functional groups attached to an aromatic ring is 1. The van der Waals surface area contributed by atoms with Crippen LogP contribution in [0.2, 0.25) is 0 Å². The Kier molecular flexibility index (Phi) is 3.23. The predicted octanol–water partition coefficient (Wildman–Crippen LogP) is 2.73. The molecule has 1 aromatic carbocycles. The van der Waals surface area contributed by atoms with E-state index in [1.54, 1.807) is 12.4 Å². The highest BCUT2D eigenvalue weighted by Crippen LogP contribution is 2.31. The number of rotatable bonds is 3. The first-order chi connectivity index (χ1) is 10.1. The molecule has 0 saturated heterocycles. The Hall–Kier alpha value is -2.60. The van der Waals surface area contributed by atoms with Crippen molar-refractivity contribution in [2.75, 3.05) is 5.43 Å². The van der Waals surface area contributed by atoms with Gasteiger partial charge in [-0.05, 0) is 37.5 Å². The number of ether oxygens (including phenoxy) is 1. The molecular formula is C15H17N5O. The molecule has 3 rings (SSSR count). The maximum absolute atomic E-state index is 6.04. The molecule has 21 heavy (non-hydrogen) atoms. The van der Waals surface area contributed by atoms with Crippen molar-refractivity contribution >= 4 is 11.5 Å². The van der Waals surface area contributed by atoms with Gasteiger partial charge in [0.05, 0.1) is 6.20 Å². The summed E-state index contributed by atoms with van der Waals surface area (Å²) in [6.07, 6.45) is 5.27. The van der Waals surface area contributed by atoms with Gasteiger partial charge >= 0.3 is 0 Å². The summed E-state index contributed by atoms with van der Waals surface area (Å²) in [5.74, 6) is 7.20. The molecule has 0 saturated carbocycles. The van der Waals surface area contributed by atoms with E-state index < -0.39 is 0 Å². The molecule has 0 unspecified atom stereocenters. The summed E-state index contributed by atoms with van der Waals surface area (Å²) in [5.41, 5.74) is 6.49. The zero-order valence-corrected chi connectivity index (χ0v) is 12.2. The van der Waals surface area contributed by atoms with Crippen molar-refractivity contribution in [3.05, 3.63) is 47.4 Å². The fraction of sp³-hybridized carbons (Fsp3) is 0.200. The van der Waals surface area contributed by atoms with E-state index in [1.807, 2.05) is 30.5 Å². The van der Waals surface area contributed by atoms with Gasteiger partial charge in [-0.2, -0.15) is 4.98 Å². The minimum Gasteiger partial charge on any atom is -0.435 e. The number of hydrazine groups is 1. The van der Waals surface area contributed by atoms with E-state index in [1.165, 1.54) is 5.56 Å². The Morgan fingerprint density at radius 3 is 2.71 bits per heavy atom. The topological polar surface area (TPSA) is 77.5 Å². The number of imidazole rings is 1. The Labute approximate surface area is 122 Å². The molecule has 2 heterocycles. The fourth-order valence-corrected chi connectivity index (χ4v) is 2.22. The van der Waals surface area contributed by atoms with Crippen molar-refractivity contribution in [1.82, 2.24) is 14.4 Å². The second-order valence-electron chi connectivity index (χ2n) is 4.99. The maximum atomic E-state index is 6.04. The Balaban J connectivity index is 2.14. The van der Waals surface area contributed by atoms with E-state index in [0.717, 1.165) is 16.9 Å². The third-order valence-electron chi connectivity index (χ3n) is 3.56. The third kappa shape index (κ3) is 2.30. The zero-order valence-electron chi connectivity index (χ0n) is 12.2. The fourth-order valence-electron chi connectivity index (χ4n) is 2.22. The first-order valence-corrected chi connectivity index (χ1v) is 6.65. The molecule has 0 aliphatic heterocycles. The van der Waals surface area contributed by atoms with Crippen LogP contribution in [0.25, 0.3) is 5.65 Å². The molecule has 0 atom stereocenters. The van der Waals surface area contributed by atoms with E-state index in [0.29, 0.717) is 17.3 Å². The normalized spacial score (nSPS) is 10.9. The second-order valence-corrected chi connectivity index (χ2v) is 4.99. The molecule has 0 spiro atoms. The van der Waals surface area contributed by atoms with Crippen LogP contribution in [0.5, 0.6) is 11.6 Å². The van der Waals surface area contributed by atoms with Crippen molar-refractivity contribution in [2.24, 2.45) is 5.84 Å². The van der Waals surface area contributed by atoms with E-state index in [4.69, 9.17) is 10.6 Å². The highest BCUT2D eigenvalue weighted by atomic mass is 16.5. The summed E-state index contributed by atoms with van der Waals surface area (Å²) in [4.78, 5) is 8.64. The lowest BCUT2D eigenvalue weighted by molar-refractivity contribution is 0.458. The molecule has 0 bridgehead atoms. The van der Waals surface area contributed by atoms with Gasteiger partial charge in [0.1, 0.15) is 5.75 Å². The van der Waals surface area contributed by atoms with Crippen molar-refractivity contribution in [1.29, 1.82) is 0 Å². The minimum absolute atomic E-state index is 0.423. The van der Waals surface area contributed by atoms with Crippen LogP contribution in [0, 0.1) is 20.8 Å². The average Bonchev–Trinajstić information content (AvgIpc) is 2.95. The number of nitrogens with one attached hydrogen (secondary N) is 1. The van der Waals surface area contributed by atoms with E-state index in [-0.39, 0.29) is 0 Å². The Morgan fingerprint density at radius 1 is 1.19 bits per heavy atom. The summed E-state index contributed by atoms with van der Waals surface area (Å²) >= 11 is 0. The lowest BCUT2D eigenvalue weighted by Gasteiger charge is -2.14. The van der Waals surface area contributed by atoms with Crippen LogP contribution in [-0.4, -0.2) is 14.4 Å². The van der Waals surface area contributed by atoms with Crippen LogP contribution in [0.3, 0.4) is 0 Å². The van der Waals surface area contributed by atoms with Crippen molar-refractivity contribution in [2.45, 2.75) is 20.8 Å². The number of hydrogen-bond donors (Lipinski definition) is 2.